The van der Waals surface area contributed by atoms with Crippen LogP contribution in [0.2, 0.25) is 0 Å². The van der Waals surface area contributed by atoms with Crippen LogP contribution in [0.3, 0.4) is 0 Å². The highest BCUT2D eigenvalue weighted by molar-refractivity contribution is 9.10. The van der Waals surface area contributed by atoms with Crippen molar-refractivity contribution < 1.29 is 0 Å². The van der Waals surface area contributed by atoms with Gasteiger partial charge in [-0.25, -0.2) is 0 Å². The second kappa shape index (κ2) is 28.4. The molecule has 0 saturated carbocycles. The molecular weight excluding hydrogens is 1200 g/mol. The maximum Gasteiger partial charge on any atom is 0.0817 e. The molecule has 8 aromatic heterocycles. The van der Waals surface area contributed by atoms with Crippen molar-refractivity contribution >= 4 is 107 Å². The number of thiophene rings is 8. The van der Waals surface area contributed by atoms with Gasteiger partial charge in [-0.3, -0.25) is 0 Å². The topological polar surface area (TPSA) is 0 Å². The minimum atomic E-state index is 0.885. The average Bonchev–Trinajstić information content (AvgIpc) is 4.40. The van der Waals surface area contributed by atoms with Crippen molar-refractivity contribution in [3.63, 3.8) is 0 Å². The number of hydrogen-bond donors (Lipinski definition) is 0. The first-order valence-corrected chi connectivity index (χ1v) is 34.2. The Bertz CT molecular complexity index is 4410. The lowest BCUT2D eigenvalue weighted by Crippen LogP contribution is -1.79. The predicted molar refractivity (Wildman–Crippen MR) is 359 cm³/mol. The molecule has 396 valence electrons. The maximum atomic E-state index is 5.74. The first-order valence-electron chi connectivity index (χ1n) is 26.9. The summed E-state index contributed by atoms with van der Waals surface area (Å²) in [5, 5.41) is 0. The predicted octanol–water partition coefficient (Wildman–Crippen LogP) is 18.6. The van der Waals surface area contributed by atoms with E-state index in [0.717, 1.165) is 139 Å². The fourth-order valence-corrected chi connectivity index (χ4v) is 16.3. The van der Waals surface area contributed by atoms with Gasteiger partial charge in [-0.15, -0.1) is 97.1 Å². The summed E-state index contributed by atoms with van der Waals surface area (Å²) in [5.74, 6) is 58.2. The highest BCUT2D eigenvalue weighted by Gasteiger charge is 2.13. The summed E-state index contributed by atoms with van der Waals surface area (Å²) in [5.41, 5.74) is 10.7. The quantitative estimate of drug-likeness (QED) is 0.133. The molecule has 0 unspecified atom stereocenters. The zero-order chi connectivity index (χ0) is 56.8. The molecule has 1 aromatic carbocycles. The Morgan fingerprint density at radius 1 is 0.272 bits per heavy atom. The lowest BCUT2D eigenvalue weighted by atomic mass is 10.1. The van der Waals surface area contributed by atoms with Gasteiger partial charge in [0, 0.05) is 10.0 Å². The van der Waals surface area contributed by atoms with Crippen LogP contribution in [0.1, 0.15) is 183 Å². The van der Waals surface area contributed by atoms with Gasteiger partial charge in [0.15, 0.2) is 0 Å². The van der Waals surface area contributed by atoms with E-state index in [0.29, 0.717) is 0 Å². The minimum Gasteiger partial charge on any atom is -0.118 e. The van der Waals surface area contributed by atoms with E-state index in [1.54, 1.807) is 90.7 Å². The Kier molecular flexibility index (Phi) is 20.6. The van der Waals surface area contributed by atoms with Crippen LogP contribution in [0.25, 0.3) is 0 Å². The van der Waals surface area contributed by atoms with Gasteiger partial charge in [-0.1, -0.05) is 89.1 Å². The Balaban J connectivity index is 0.869. The molecule has 9 rings (SSSR count). The summed E-state index contributed by atoms with van der Waals surface area (Å²) >= 11 is 16.8. The third-order valence-corrected chi connectivity index (χ3v) is 21.5. The molecule has 0 nitrogen and oxygen atoms in total. The van der Waals surface area contributed by atoms with E-state index in [-0.39, 0.29) is 0 Å². The van der Waals surface area contributed by atoms with E-state index in [9.17, 15) is 0 Å². The highest BCUT2D eigenvalue weighted by atomic mass is 79.9. The monoisotopic (exact) mass is 1250 g/mol. The Morgan fingerprint density at radius 2 is 0.457 bits per heavy atom. The van der Waals surface area contributed by atoms with Crippen molar-refractivity contribution in [1.29, 1.82) is 0 Å². The third kappa shape index (κ3) is 15.1. The molecule has 0 atom stereocenters. The molecule has 9 heteroatoms. The van der Waals surface area contributed by atoms with E-state index in [1.807, 2.05) is 24.3 Å². The van der Waals surface area contributed by atoms with E-state index in [2.05, 4.69) is 220 Å². The smallest absolute Gasteiger partial charge is 0.0817 e. The molecule has 0 N–H and O–H groups in total. The van der Waals surface area contributed by atoms with Gasteiger partial charge in [0.2, 0.25) is 0 Å². The summed E-state index contributed by atoms with van der Waals surface area (Å²) in [6.45, 7) is 17.4. The Morgan fingerprint density at radius 3 is 0.642 bits per heavy atom. The third-order valence-electron chi connectivity index (χ3n) is 12.9. The Labute approximate surface area is 520 Å². The SMILES string of the molecule is C#Cc1sc(C#Cc2sc(C#Cc3sc(C#Cc4sc(C#Cc5sc(C#Cc6sc(C#Cc7sc(C#Cc8sc(C#Cc9ccc(Br)cc9)cc8CC)cc7CC)cc6CC)cc5CC)cc4CC)cc3CC)cc2CC)cc1CC. The maximum absolute atomic E-state index is 5.74. The van der Waals surface area contributed by atoms with E-state index < -0.39 is 0 Å². The molecular formula is C72H53BrS8. The average molecular weight is 1250 g/mol. The van der Waals surface area contributed by atoms with Gasteiger partial charge in [0.25, 0.3) is 0 Å². The first-order chi connectivity index (χ1) is 39.5. The van der Waals surface area contributed by atoms with Crippen LogP contribution < -0.4 is 0 Å². The molecule has 81 heavy (non-hydrogen) atoms. The van der Waals surface area contributed by atoms with Gasteiger partial charge in [-0.05, 0) is 252 Å². The van der Waals surface area contributed by atoms with Gasteiger partial charge in [-0.2, -0.15) is 0 Å². The van der Waals surface area contributed by atoms with Crippen molar-refractivity contribution in [3.8, 4) is 107 Å². The zero-order valence-corrected chi connectivity index (χ0v) is 54.4. The summed E-state index contributed by atoms with van der Waals surface area (Å²) in [4.78, 5) is 16.6. The zero-order valence-electron chi connectivity index (χ0n) is 46.3. The van der Waals surface area contributed by atoms with Gasteiger partial charge in [0.05, 0.1) is 78.0 Å². The molecule has 0 fully saturated rings. The first kappa shape index (κ1) is 59.0. The molecule has 0 amide bonds. The number of terminal acetylenes is 1. The molecule has 0 spiro atoms. The molecule has 8 heterocycles. The molecule has 9 aromatic rings. The number of hydrogen-bond acceptors (Lipinski definition) is 8. The largest absolute Gasteiger partial charge is 0.118 e. The van der Waals surface area contributed by atoms with Crippen LogP contribution in [0.15, 0.2) is 77.3 Å². The van der Waals surface area contributed by atoms with Crippen molar-refractivity contribution in [2.45, 2.75) is 107 Å². The number of halogens is 1. The standard InChI is InChI=1S/C72H53BrS8/c1-10-48-39-58(74-65(48)18-9)25-32-67-50(12-3)41-60(76-67)27-34-69-52(14-5)43-62(78-69)29-36-71-54(16-7)45-64(80-71)31-38-72-55(17-8)46-63(81-72)30-37-70-53(15-6)44-61(79-70)28-35-68-51(13-4)42-59(77-68)26-33-66-49(11-2)40-57(75-66)24-21-47-19-22-56(73)23-20-47/h9,19-20,22-23,39-46H,10-17H2,1-8H3. The van der Waals surface area contributed by atoms with E-state index in [1.165, 1.54) is 44.5 Å². The van der Waals surface area contributed by atoms with E-state index in [4.69, 9.17) is 6.42 Å². The summed E-state index contributed by atoms with van der Waals surface area (Å²) < 4.78 is 1.05. The van der Waals surface area contributed by atoms with Crippen molar-refractivity contribution in [2.24, 2.45) is 0 Å². The molecule has 0 radical (unpaired) electrons. The molecule has 0 saturated heterocycles. The van der Waals surface area contributed by atoms with Crippen LogP contribution in [0, 0.1) is 107 Å². The van der Waals surface area contributed by atoms with Gasteiger partial charge < -0.3 is 0 Å². The lowest BCUT2D eigenvalue weighted by Gasteiger charge is -1.89. The summed E-state index contributed by atoms with van der Waals surface area (Å²) in [7, 11) is 0. The molecule has 0 bridgehead atoms. The summed E-state index contributed by atoms with van der Waals surface area (Å²) in [6, 6.07) is 25.6. The number of rotatable bonds is 8. The van der Waals surface area contributed by atoms with Crippen LogP contribution in [-0.2, 0) is 51.4 Å². The van der Waals surface area contributed by atoms with E-state index >= 15 is 0 Å². The van der Waals surface area contributed by atoms with Gasteiger partial charge >= 0.3 is 0 Å². The lowest BCUT2D eigenvalue weighted by molar-refractivity contribution is 1.15. The molecule has 0 aliphatic heterocycles. The van der Waals surface area contributed by atoms with Crippen molar-refractivity contribution in [1.82, 2.24) is 0 Å². The minimum absolute atomic E-state index is 0.885. The van der Waals surface area contributed by atoms with Crippen LogP contribution in [0.4, 0.5) is 0 Å². The van der Waals surface area contributed by atoms with Crippen LogP contribution >= 0.6 is 107 Å². The number of benzene rings is 1. The van der Waals surface area contributed by atoms with Gasteiger partial charge in [0.1, 0.15) is 0 Å². The second-order valence-electron chi connectivity index (χ2n) is 18.2. The highest BCUT2D eigenvalue weighted by Crippen LogP contribution is 2.30. The number of aryl methyl sites for hydroxylation is 8. The molecule has 0 aliphatic carbocycles. The van der Waals surface area contributed by atoms with Crippen molar-refractivity contribution in [3.05, 3.63) is 205 Å². The van der Waals surface area contributed by atoms with Crippen molar-refractivity contribution in [2.75, 3.05) is 0 Å². The molecule has 0 aliphatic rings. The van der Waals surface area contributed by atoms with Crippen LogP contribution in [-0.4, -0.2) is 0 Å². The summed E-state index contributed by atoms with van der Waals surface area (Å²) in [6.07, 6.45) is 12.9. The normalized spacial score (nSPS) is 10.1. The fourth-order valence-electron chi connectivity index (χ4n) is 8.38. The second-order valence-corrected chi connectivity index (χ2v) is 27.5. The fraction of sp³-hybridized carbons (Fsp3) is 0.222. The Hall–Kier alpha value is -6.66. The van der Waals surface area contributed by atoms with Crippen LogP contribution in [0.5, 0.6) is 0 Å².